The van der Waals surface area contributed by atoms with Gasteiger partial charge in [-0.2, -0.15) is 9.78 Å². The Balaban J connectivity index is 1.80. The average Bonchev–Trinajstić information content (AvgIpc) is 2.98. The van der Waals surface area contributed by atoms with Crippen molar-refractivity contribution in [3.8, 4) is 5.82 Å². The van der Waals surface area contributed by atoms with Crippen molar-refractivity contribution in [2.45, 2.75) is 39.0 Å². The van der Waals surface area contributed by atoms with E-state index < -0.39 is 0 Å². The van der Waals surface area contributed by atoms with Crippen LogP contribution in [-0.4, -0.2) is 25.9 Å². The quantitative estimate of drug-likeness (QED) is 0.737. The lowest BCUT2D eigenvalue weighted by molar-refractivity contribution is -0.116. The summed E-state index contributed by atoms with van der Waals surface area (Å²) in [5.74, 6) is 1.56. The zero-order valence-corrected chi connectivity index (χ0v) is 16.2. The molecular weight excluding hydrogens is 362 g/mol. The summed E-state index contributed by atoms with van der Waals surface area (Å²) in [6, 6.07) is 11.9. The lowest BCUT2D eigenvalue weighted by atomic mass is 9.85. The molecule has 0 saturated carbocycles. The Hall–Kier alpha value is -2.73. The van der Waals surface area contributed by atoms with Crippen LogP contribution in [0.1, 0.15) is 54.5 Å². The normalized spacial score (nSPS) is 16.3. The zero-order chi connectivity index (χ0) is 19.1. The number of anilines is 1. The lowest BCUT2D eigenvalue weighted by Gasteiger charge is -2.24. The summed E-state index contributed by atoms with van der Waals surface area (Å²) >= 11 is 5.84. The molecule has 27 heavy (non-hydrogen) atoms. The first kappa shape index (κ1) is 17.7. The summed E-state index contributed by atoms with van der Waals surface area (Å²) in [5.41, 5.74) is 4.27. The third-order valence-corrected chi connectivity index (χ3v) is 5.14. The van der Waals surface area contributed by atoms with Crippen LogP contribution in [0.4, 0.5) is 5.82 Å². The summed E-state index contributed by atoms with van der Waals surface area (Å²) < 4.78 is 1.63. The maximum absolute atomic E-state index is 12.4. The number of benzene rings is 1. The fourth-order valence-corrected chi connectivity index (χ4v) is 3.63. The van der Waals surface area contributed by atoms with Gasteiger partial charge < -0.3 is 5.32 Å². The topological polar surface area (TPSA) is 72.7 Å². The molecule has 0 bridgehead atoms. The molecule has 6 nitrogen and oxygen atoms in total. The third kappa shape index (κ3) is 3.21. The number of hydrogen-bond acceptors (Lipinski definition) is 4. The van der Waals surface area contributed by atoms with Crippen LogP contribution < -0.4 is 5.32 Å². The second kappa shape index (κ2) is 6.78. The predicted octanol–water partition coefficient (Wildman–Crippen LogP) is 4.22. The van der Waals surface area contributed by atoms with E-state index in [1.54, 1.807) is 16.8 Å². The van der Waals surface area contributed by atoms with Gasteiger partial charge in [0.05, 0.1) is 5.69 Å². The van der Waals surface area contributed by atoms with Crippen molar-refractivity contribution in [1.82, 2.24) is 20.0 Å². The van der Waals surface area contributed by atoms with E-state index in [2.05, 4.69) is 58.7 Å². The molecule has 1 aliphatic heterocycles. The van der Waals surface area contributed by atoms with Gasteiger partial charge in [-0.15, -0.1) is 10.2 Å². The van der Waals surface area contributed by atoms with Crippen molar-refractivity contribution in [1.29, 1.82) is 0 Å². The van der Waals surface area contributed by atoms with Gasteiger partial charge in [0, 0.05) is 17.9 Å². The molecule has 138 valence electrons. The SMILES string of the molecule is Cc1nn(-c2ccc(Cl)nn2)c2c1[C@H](c1ccc(C(C)C)cc1)CC(=O)N2. The van der Waals surface area contributed by atoms with Gasteiger partial charge in [-0.05, 0) is 36.1 Å². The van der Waals surface area contributed by atoms with Gasteiger partial charge in [0.25, 0.3) is 0 Å². The smallest absolute Gasteiger partial charge is 0.226 e. The molecule has 3 heterocycles. The second-order valence-electron chi connectivity index (χ2n) is 7.10. The predicted molar refractivity (Wildman–Crippen MR) is 105 cm³/mol. The van der Waals surface area contributed by atoms with E-state index >= 15 is 0 Å². The summed E-state index contributed by atoms with van der Waals surface area (Å²) in [6.07, 6.45) is 0.396. The fourth-order valence-electron chi connectivity index (χ4n) is 3.53. The average molecular weight is 382 g/mol. The highest BCUT2D eigenvalue weighted by Gasteiger charge is 2.32. The van der Waals surface area contributed by atoms with Crippen LogP contribution in [0, 0.1) is 6.92 Å². The number of halogens is 1. The van der Waals surface area contributed by atoms with E-state index in [0.29, 0.717) is 29.1 Å². The molecule has 1 N–H and O–H groups in total. The minimum Gasteiger partial charge on any atom is -0.310 e. The number of aryl methyl sites for hydroxylation is 1. The van der Waals surface area contributed by atoms with Gasteiger partial charge in [-0.1, -0.05) is 49.7 Å². The maximum atomic E-state index is 12.4. The highest BCUT2D eigenvalue weighted by atomic mass is 35.5. The van der Waals surface area contributed by atoms with Gasteiger partial charge in [0.15, 0.2) is 11.0 Å². The van der Waals surface area contributed by atoms with Crippen LogP contribution in [0.3, 0.4) is 0 Å². The van der Waals surface area contributed by atoms with E-state index in [4.69, 9.17) is 11.6 Å². The molecule has 1 aromatic carbocycles. The van der Waals surface area contributed by atoms with Crippen LogP contribution in [0.15, 0.2) is 36.4 Å². The van der Waals surface area contributed by atoms with Crippen LogP contribution in [0.25, 0.3) is 5.82 Å². The van der Waals surface area contributed by atoms with Gasteiger partial charge in [-0.25, -0.2) is 0 Å². The molecule has 1 aliphatic rings. The Bertz CT molecular complexity index is 992. The van der Waals surface area contributed by atoms with Crippen molar-refractivity contribution in [2.24, 2.45) is 0 Å². The number of carbonyl (C=O) groups is 1. The third-order valence-electron chi connectivity index (χ3n) is 4.94. The van der Waals surface area contributed by atoms with Gasteiger partial charge in [0.1, 0.15) is 5.82 Å². The van der Waals surface area contributed by atoms with Crippen LogP contribution in [0.5, 0.6) is 0 Å². The van der Waals surface area contributed by atoms with Gasteiger partial charge in [-0.3, -0.25) is 4.79 Å². The van der Waals surface area contributed by atoms with Gasteiger partial charge in [0.2, 0.25) is 5.91 Å². The molecular formula is C20H20ClN5O. The van der Waals surface area contributed by atoms with E-state index in [0.717, 1.165) is 16.8 Å². The molecule has 2 aromatic heterocycles. The Labute approximate surface area is 162 Å². The number of carbonyl (C=O) groups excluding carboxylic acids is 1. The molecule has 0 saturated heterocycles. The van der Waals surface area contributed by atoms with Crippen molar-refractivity contribution in [3.05, 3.63) is 63.9 Å². The van der Waals surface area contributed by atoms with Gasteiger partial charge >= 0.3 is 0 Å². The van der Waals surface area contributed by atoms with Crippen molar-refractivity contribution in [2.75, 3.05) is 5.32 Å². The van der Waals surface area contributed by atoms with Crippen molar-refractivity contribution >= 4 is 23.3 Å². The molecule has 0 unspecified atom stereocenters. The van der Waals surface area contributed by atoms with Crippen LogP contribution in [0.2, 0.25) is 5.15 Å². The highest BCUT2D eigenvalue weighted by molar-refractivity contribution is 6.29. The summed E-state index contributed by atoms with van der Waals surface area (Å²) in [4.78, 5) is 12.4. The van der Waals surface area contributed by atoms with Crippen molar-refractivity contribution in [3.63, 3.8) is 0 Å². The molecule has 0 aliphatic carbocycles. The number of nitrogens with zero attached hydrogens (tertiary/aromatic N) is 4. The number of hydrogen-bond donors (Lipinski definition) is 1. The van der Waals surface area contributed by atoms with E-state index in [-0.39, 0.29) is 11.8 Å². The highest BCUT2D eigenvalue weighted by Crippen LogP contribution is 2.40. The Morgan fingerprint density at radius 1 is 1.15 bits per heavy atom. The Morgan fingerprint density at radius 2 is 1.89 bits per heavy atom. The number of nitrogens with one attached hydrogen (secondary N) is 1. The molecule has 0 spiro atoms. The molecule has 0 fully saturated rings. The Kier molecular flexibility index (Phi) is 4.44. The van der Waals surface area contributed by atoms with Crippen LogP contribution in [-0.2, 0) is 4.79 Å². The first-order chi connectivity index (χ1) is 12.9. The lowest BCUT2D eigenvalue weighted by Crippen LogP contribution is -2.25. The van der Waals surface area contributed by atoms with Crippen LogP contribution >= 0.6 is 11.6 Å². The molecule has 7 heteroatoms. The largest absolute Gasteiger partial charge is 0.310 e. The molecule has 0 radical (unpaired) electrons. The minimum atomic E-state index is -0.0384. The molecule has 1 atom stereocenters. The molecule has 4 rings (SSSR count). The number of aromatic nitrogens is 4. The number of amides is 1. The van der Waals surface area contributed by atoms with E-state index in [1.807, 2.05) is 6.92 Å². The Morgan fingerprint density at radius 3 is 2.52 bits per heavy atom. The maximum Gasteiger partial charge on any atom is 0.226 e. The monoisotopic (exact) mass is 381 g/mol. The minimum absolute atomic E-state index is 0.0380. The summed E-state index contributed by atoms with van der Waals surface area (Å²) in [7, 11) is 0. The van der Waals surface area contributed by atoms with E-state index in [9.17, 15) is 4.79 Å². The zero-order valence-electron chi connectivity index (χ0n) is 15.4. The number of fused-ring (bicyclic) bond motifs is 1. The van der Waals surface area contributed by atoms with Crippen molar-refractivity contribution < 1.29 is 4.79 Å². The standard InChI is InChI=1S/C20H20ClN5O/c1-11(2)13-4-6-14(7-5-13)15-10-18(27)22-20-19(15)12(3)25-26(20)17-9-8-16(21)23-24-17/h4-9,11,15H,10H2,1-3H3,(H,22,27)/t15-/m0/s1. The first-order valence-corrected chi connectivity index (χ1v) is 9.30. The number of rotatable bonds is 3. The summed E-state index contributed by atoms with van der Waals surface area (Å²) in [5, 5.41) is 15.8. The fraction of sp³-hybridized carbons (Fsp3) is 0.300. The van der Waals surface area contributed by atoms with E-state index in [1.165, 1.54) is 5.56 Å². The second-order valence-corrected chi connectivity index (χ2v) is 7.49. The molecule has 1 amide bonds. The summed E-state index contributed by atoms with van der Waals surface area (Å²) in [6.45, 7) is 6.29. The molecule has 3 aromatic rings. The first-order valence-electron chi connectivity index (χ1n) is 8.93.